The zero-order valence-electron chi connectivity index (χ0n) is 14.5. The molecule has 0 saturated heterocycles. The average Bonchev–Trinajstić information content (AvgIpc) is 3.00. The molecule has 0 aliphatic heterocycles. The molecule has 0 spiro atoms. The summed E-state index contributed by atoms with van der Waals surface area (Å²) in [6, 6.07) is 0. The van der Waals surface area contributed by atoms with Gasteiger partial charge in [0.15, 0.2) is 0 Å². The monoisotopic (exact) mass is 412 g/mol. The maximum atomic E-state index is 11.9. The summed E-state index contributed by atoms with van der Waals surface area (Å²) in [5.74, 6) is -0.104. The molecule has 0 unspecified atom stereocenters. The molecule has 2 aromatic heterocycles. The molecule has 0 aliphatic carbocycles. The normalized spacial score (nSPS) is 10.9. The van der Waals surface area contributed by atoms with Gasteiger partial charge in [0.2, 0.25) is 5.91 Å². The van der Waals surface area contributed by atoms with E-state index in [1.54, 1.807) is 13.8 Å². The van der Waals surface area contributed by atoms with E-state index in [-0.39, 0.29) is 18.0 Å². The molecular weight excluding hydrogens is 392 g/mol. The molecule has 0 radical (unpaired) electrons. The van der Waals surface area contributed by atoms with E-state index < -0.39 is 4.92 Å². The van der Waals surface area contributed by atoms with Crippen LogP contribution in [0.3, 0.4) is 0 Å². The van der Waals surface area contributed by atoms with Gasteiger partial charge in [-0.2, -0.15) is 10.2 Å². The lowest BCUT2D eigenvalue weighted by Crippen LogP contribution is -2.26. The predicted octanol–water partition coefficient (Wildman–Crippen LogP) is 2.27. The summed E-state index contributed by atoms with van der Waals surface area (Å²) in [5, 5.41) is 22.3. The fraction of sp³-hybridized carbons (Fsp3) is 0.533. The molecule has 25 heavy (non-hydrogen) atoms. The minimum absolute atomic E-state index is 0.0149. The van der Waals surface area contributed by atoms with E-state index in [9.17, 15) is 14.9 Å². The van der Waals surface area contributed by atoms with Gasteiger partial charge in [-0.1, -0.05) is 0 Å². The van der Waals surface area contributed by atoms with Crippen LogP contribution in [0.5, 0.6) is 0 Å². The summed E-state index contributed by atoms with van der Waals surface area (Å²) < 4.78 is 4.31. The van der Waals surface area contributed by atoms with E-state index >= 15 is 0 Å². The van der Waals surface area contributed by atoms with Crippen LogP contribution in [-0.2, 0) is 17.9 Å². The highest BCUT2D eigenvalue weighted by molar-refractivity contribution is 9.10. The lowest BCUT2D eigenvalue weighted by molar-refractivity contribution is -0.386. The van der Waals surface area contributed by atoms with Gasteiger partial charge >= 0.3 is 5.69 Å². The molecule has 0 atom stereocenters. The van der Waals surface area contributed by atoms with Crippen LogP contribution < -0.4 is 5.32 Å². The van der Waals surface area contributed by atoms with Crippen molar-refractivity contribution in [3.8, 4) is 0 Å². The number of nitro groups is 1. The molecule has 0 aliphatic rings. The number of amides is 1. The Morgan fingerprint density at radius 2 is 2.00 bits per heavy atom. The van der Waals surface area contributed by atoms with Crippen LogP contribution in [0.1, 0.15) is 29.9 Å². The van der Waals surface area contributed by atoms with Gasteiger partial charge < -0.3 is 5.32 Å². The molecule has 9 nitrogen and oxygen atoms in total. The van der Waals surface area contributed by atoms with Crippen LogP contribution >= 0.6 is 15.9 Å². The van der Waals surface area contributed by atoms with Gasteiger partial charge in [-0.05, 0) is 43.1 Å². The molecule has 0 saturated carbocycles. The summed E-state index contributed by atoms with van der Waals surface area (Å²) >= 11 is 3.41. The van der Waals surface area contributed by atoms with Gasteiger partial charge in [-0.15, -0.1) is 0 Å². The van der Waals surface area contributed by atoms with E-state index in [1.807, 2.05) is 17.8 Å². The number of halogens is 1. The molecular formula is C15H21BrN6O3. The summed E-state index contributed by atoms with van der Waals surface area (Å²) in [6.45, 7) is 6.74. The SMILES string of the molecule is Cc1nn(CCCNC(=O)CCn2nc(C)c([N+](=O)[O-])c2C)cc1Br. The topological polar surface area (TPSA) is 108 Å². The number of rotatable bonds is 8. The molecule has 2 aromatic rings. The van der Waals surface area contributed by atoms with Crippen molar-refractivity contribution in [3.05, 3.63) is 37.9 Å². The van der Waals surface area contributed by atoms with Crippen molar-refractivity contribution < 1.29 is 9.72 Å². The Morgan fingerprint density at radius 3 is 2.56 bits per heavy atom. The summed E-state index contributed by atoms with van der Waals surface area (Å²) in [4.78, 5) is 22.4. The summed E-state index contributed by atoms with van der Waals surface area (Å²) in [6.07, 6.45) is 2.91. The van der Waals surface area contributed by atoms with Crippen LogP contribution in [0, 0.1) is 30.9 Å². The summed E-state index contributed by atoms with van der Waals surface area (Å²) in [7, 11) is 0. The maximum Gasteiger partial charge on any atom is 0.312 e. The second-order valence-corrected chi connectivity index (χ2v) is 6.63. The fourth-order valence-corrected chi connectivity index (χ4v) is 2.86. The minimum Gasteiger partial charge on any atom is -0.356 e. The third-order valence-electron chi connectivity index (χ3n) is 3.85. The Balaban J connectivity index is 1.74. The Kier molecular flexibility index (Phi) is 6.29. The second kappa shape index (κ2) is 8.24. The van der Waals surface area contributed by atoms with Gasteiger partial charge in [0.1, 0.15) is 11.4 Å². The van der Waals surface area contributed by atoms with Gasteiger partial charge in [-0.25, -0.2) is 0 Å². The fourth-order valence-electron chi connectivity index (χ4n) is 2.54. The van der Waals surface area contributed by atoms with E-state index in [0.29, 0.717) is 24.5 Å². The molecule has 0 fully saturated rings. The number of aromatic nitrogens is 4. The van der Waals surface area contributed by atoms with E-state index in [2.05, 4.69) is 31.4 Å². The number of nitrogens with zero attached hydrogens (tertiary/aromatic N) is 5. The quantitative estimate of drug-likeness (QED) is 0.406. The smallest absolute Gasteiger partial charge is 0.312 e. The van der Waals surface area contributed by atoms with Gasteiger partial charge in [0.25, 0.3) is 0 Å². The second-order valence-electron chi connectivity index (χ2n) is 5.78. The van der Waals surface area contributed by atoms with Crippen molar-refractivity contribution in [2.45, 2.75) is 46.7 Å². The standard InChI is InChI=1S/C15H21BrN6O3/c1-10-13(16)9-20(18-10)7-4-6-17-14(23)5-8-21-12(3)15(22(24)25)11(2)19-21/h9H,4-8H2,1-3H3,(H,17,23). The highest BCUT2D eigenvalue weighted by Crippen LogP contribution is 2.21. The minimum atomic E-state index is -0.441. The lowest BCUT2D eigenvalue weighted by Gasteiger charge is -2.06. The average molecular weight is 413 g/mol. The first-order valence-corrected chi connectivity index (χ1v) is 8.73. The van der Waals surface area contributed by atoms with Crippen LogP contribution in [0.2, 0.25) is 0 Å². The van der Waals surface area contributed by atoms with Crippen molar-refractivity contribution in [3.63, 3.8) is 0 Å². The van der Waals surface area contributed by atoms with Crippen molar-refractivity contribution in [1.29, 1.82) is 0 Å². The molecule has 2 heterocycles. The highest BCUT2D eigenvalue weighted by atomic mass is 79.9. The summed E-state index contributed by atoms with van der Waals surface area (Å²) in [5.41, 5.74) is 1.78. The first kappa shape index (κ1) is 19.1. The Morgan fingerprint density at radius 1 is 1.28 bits per heavy atom. The van der Waals surface area contributed by atoms with Crippen LogP contribution in [-0.4, -0.2) is 36.9 Å². The number of hydrogen-bond acceptors (Lipinski definition) is 5. The van der Waals surface area contributed by atoms with Gasteiger partial charge in [-0.3, -0.25) is 24.3 Å². The van der Waals surface area contributed by atoms with Crippen molar-refractivity contribution in [1.82, 2.24) is 24.9 Å². The Bertz CT molecular complexity index is 763. The van der Waals surface area contributed by atoms with Crippen LogP contribution in [0.15, 0.2) is 10.7 Å². The van der Waals surface area contributed by atoms with Crippen molar-refractivity contribution in [2.75, 3.05) is 6.54 Å². The molecule has 10 heteroatoms. The van der Waals surface area contributed by atoms with Gasteiger partial charge in [0, 0.05) is 25.7 Å². The molecule has 2 rings (SSSR count). The highest BCUT2D eigenvalue weighted by Gasteiger charge is 2.21. The zero-order chi connectivity index (χ0) is 18.6. The van der Waals surface area contributed by atoms with Crippen LogP contribution in [0.25, 0.3) is 0 Å². The third kappa shape index (κ3) is 4.88. The lowest BCUT2D eigenvalue weighted by atomic mass is 10.3. The molecule has 0 aromatic carbocycles. The molecule has 0 bridgehead atoms. The number of hydrogen-bond donors (Lipinski definition) is 1. The Hall–Kier alpha value is -2.23. The number of carbonyl (C=O) groups excluding carboxylic acids is 1. The first-order valence-electron chi connectivity index (χ1n) is 7.94. The zero-order valence-corrected chi connectivity index (χ0v) is 16.0. The van der Waals surface area contributed by atoms with Gasteiger partial charge in [0.05, 0.1) is 21.6 Å². The predicted molar refractivity (Wildman–Crippen MR) is 95.3 cm³/mol. The number of nitrogens with one attached hydrogen (secondary N) is 1. The van der Waals surface area contributed by atoms with Crippen molar-refractivity contribution >= 4 is 27.5 Å². The van der Waals surface area contributed by atoms with Crippen molar-refractivity contribution in [2.24, 2.45) is 0 Å². The molecule has 136 valence electrons. The van der Waals surface area contributed by atoms with E-state index in [0.717, 1.165) is 23.1 Å². The van der Waals surface area contributed by atoms with Crippen LogP contribution in [0.4, 0.5) is 5.69 Å². The maximum absolute atomic E-state index is 11.9. The molecule has 1 amide bonds. The van der Waals surface area contributed by atoms with E-state index in [4.69, 9.17) is 0 Å². The number of carbonyl (C=O) groups is 1. The third-order valence-corrected chi connectivity index (χ3v) is 4.63. The number of aryl methyl sites for hydroxylation is 4. The van der Waals surface area contributed by atoms with E-state index in [1.165, 1.54) is 4.68 Å². The first-order chi connectivity index (χ1) is 11.8. The molecule has 1 N–H and O–H groups in total. The Labute approximate surface area is 153 Å². The largest absolute Gasteiger partial charge is 0.356 e.